The predicted octanol–water partition coefficient (Wildman–Crippen LogP) is 1.89. The summed E-state index contributed by atoms with van der Waals surface area (Å²) in [5, 5.41) is 8.68. The van der Waals surface area contributed by atoms with Crippen LogP contribution in [-0.2, 0) is 10.2 Å². The Labute approximate surface area is 161 Å². The minimum Gasteiger partial charge on any atom is -0.397 e. The Bertz CT molecular complexity index is 651. The van der Waals surface area contributed by atoms with Gasteiger partial charge in [0.2, 0.25) is 0 Å². The Kier molecular flexibility index (Phi) is 7.41. The van der Waals surface area contributed by atoms with Gasteiger partial charge in [-0.2, -0.15) is 0 Å². The number of carbonyl (C=O) groups is 1. The zero-order chi connectivity index (χ0) is 19.2. The van der Waals surface area contributed by atoms with E-state index in [4.69, 9.17) is 11.1 Å². The third-order valence-electron chi connectivity index (χ3n) is 4.55. The van der Waals surface area contributed by atoms with Crippen molar-refractivity contribution in [3.63, 3.8) is 0 Å². The smallest absolute Gasteiger partial charge is 0.307 e. The standard InChI is InChI=1S/C20H32N4OS/c1-20(2,3)17-10-9-16(26-17)15(21)14-18(22)23-19(25)8-7-13-24-11-5-4-6-12-24/h9-10,14H,4-8,11-13,21H2,1-3H3,(H2,22,23,25)/p+1. The van der Waals surface area contributed by atoms with Crippen LogP contribution in [0.15, 0.2) is 18.2 Å². The van der Waals surface area contributed by atoms with E-state index in [1.165, 1.54) is 24.1 Å². The summed E-state index contributed by atoms with van der Waals surface area (Å²) in [6.07, 6.45) is 6.86. The number of nitrogens with two attached hydrogens (primary N) is 2. The molecule has 1 fully saturated rings. The Morgan fingerprint density at radius 1 is 1.31 bits per heavy atom. The second kappa shape index (κ2) is 9.33. The lowest BCUT2D eigenvalue weighted by molar-refractivity contribution is -0.128. The zero-order valence-corrected chi connectivity index (χ0v) is 17.1. The van der Waals surface area contributed by atoms with Gasteiger partial charge in [0, 0.05) is 4.88 Å². The molecule has 26 heavy (non-hydrogen) atoms. The number of hydrogen-bond acceptors (Lipinski definition) is 4. The van der Waals surface area contributed by atoms with Gasteiger partial charge in [-0.1, -0.05) is 27.2 Å². The summed E-state index contributed by atoms with van der Waals surface area (Å²) in [6, 6.07) is 4.10. The molecule has 0 atom stereocenters. The highest BCUT2D eigenvalue weighted by Gasteiger charge is 2.18. The maximum atomic E-state index is 12.1. The number of nitrogens with one attached hydrogen (secondary N) is 1. The van der Waals surface area contributed by atoms with Gasteiger partial charge in [0.25, 0.3) is 5.84 Å². The summed E-state index contributed by atoms with van der Waals surface area (Å²) in [4.78, 5) is 16.7. The number of hydrogen-bond donors (Lipinski definition) is 3. The van der Waals surface area contributed by atoms with E-state index >= 15 is 0 Å². The van der Waals surface area contributed by atoms with Crippen LogP contribution < -0.4 is 16.5 Å². The fourth-order valence-electron chi connectivity index (χ4n) is 3.04. The van der Waals surface area contributed by atoms with Gasteiger partial charge in [0.15, 0.2) is 0 Å². The molecule has 1 aliphatic heterocycles. The average molecular weight is 378 g/mol. The Balaban J connectivity index is 1.78. The van der Waals surface area contributed by atoms with Crippen LogP contribution in [0.2, 0.25) is 0 Å². The minimum atomic E-state index is -0.0508. The molecule has 0 spiro atoms. The summed E-state index contributed by atoms with van der Waals surface area (Å²) < 4.78 is 0. The van der Waals surface area contributed by atoms with Crippen LogP contribution in [0.4, 0.5) is 0 Å². The number of nitrogens with zero attached hydrogens (tertiary/aromatic N) is 1. The first-order chi connectivity index (χ1) is 12.3. The number of carbonyl (C=O) groups excluding carboxylic acids is 1. The van der Waals surface area contributed by atoms with Gasteiger partial charge in [0.05, 0.1) is 23.1 Å². The Morgan fingerprint density at radius 2 is 2.00 bits per heavy atom. The molecule has 1 aromatic heterocycles. The zero-order valence-electron chi connectivity index (χ0n) is 16.3. The molecule has 0 radical (unpaired) electrons. The number of rotatable bonds is 6. The normalized spacial score (nSPS) is 16.5. The van der Waals surface area contributed by atoms with Crippen molar-refractivity contribution in [2.75, 3.05) is 19.6 Å². The number of thiophene rings is 1. The van der Waals surface area contributed by atoms with Crippen molar-refractivity contribution < 1.29 is 10.2 Å². The monoisotopic (exact) mass is 377 g/mol. The van der Waals surface area contributed by atoms with Crippen molar-refractivity contribution in [3.8, 4) is 0 Å². The van der Waals surface area contributed by atoms with Crippen LogP contribution in [0.3, 0.4) is 0 Å². The van der Waals surface area contributed by atoms with Gasteiger partial charge in [-0.25, -0.2) is 10.1 Å². The lowest BCUT2D eigenvalue weighted by atomic mass is 9.95. The molecule has 0 aromatic carbocycles. The van der Waals surface area contributed by atoms with Gasteiger partial charge < -0.3 is 10.6 Å². The van der Waals surface area contributed by atoms with Gasteiger partial charge >= 0.3 is 5.91 Å². The summed E-state index contributed by atoms with van der Waals surface area (Å²) >= 11 is 1.66. The molecular weight excluding hydrogens is 344 g/mol. The molecule has 0 unspecified atom stereocenters. The Hall–Kier alpha value is -1.66. The van der Waals surface area contributed by atoms with E-state index in [1.54, 1.807) is 17.4 Å². The molecule has 1 amide bonds. The maximum absolute atomic E-state index is 12.1. The molecule has 2 heterocycles. The van der Waals surface area contributed by atoms with Crippen LogP contribution in [0.5, 0.6) is 0 Å². The SMILES string of the molecule is CC(C)(C)c1ccc(C(N)=CC(=[NH2+])NC(=O)CCCN2CCCCC2)s1. The van der Waals surface area contributed by atoms with Crippen LogP contribution in [0.1, 0.15) is 62.6 Å². The van der Waals surface area contributed by atoms with Crippen LogP contribution in [0, 0.1) is 0 Å². The van der Waals surface area contributed by atoms with E-state index in [2.05, 4.69) is 37.1 Å². The van der Waals surface area contributed by atoms with E-state index in [9.17, 15) is 4.79 Å². The molecule has 144 valence electrons. The maximum Gasteiger partial charge on any atom is 0.307 e. The number of likely N-dealkylation sites (tertiary alicyclic amines) is 1. The molecule has 6 heteroatoms. The highest BCUT2D eigenvalue weighted by atomic mass is 32.1. The van der Waals surface area contributed by atoms with Crippen LogP contribution in [-0.4, -0.2) is 36.3 Å². The highest BCUT2D eigenvalue weighted by molar-refractivity contribution is 7.13. The molecule has 0 saturated carbocycles. The van der Waals surface area contributed by atoms with Crippen molar-refractivity contribution in [3.05, 3.63) is 28.0 Å². The number of piperidine rings is 1. The molecule has 1 saturated heterocycles. The van der Waals surface area contributed by atoms with Gasteiger partial charge in [-0.15, -0.1) is 11.3 Å². The fourth-order valence-corrected chi connectivity index (χ4v) is 4.03. The average Bonchev–Trinajstić information content (AvgIpc) is 3.06. The van der Waals surface area contributed by atoms with Crippen LogP contribution >= 0.6 is 11.3 Å². The van der Waals surface area contributed by atoms with E-state index < -0.39 is 0 Å². The Morgan fingerprint density at radius 3 is 2.62 bits per heavy atom. The predicted molar refractivity (Wildman–Crippen MR) is 110 cm³/mol. The highest BCUT2D eigenvalue weighted by Crippen LogP contribution is 2.31. The first kappa shape index (κ1) is 20.6. The lowest BCUT2D eigenvalue weighted by Crippen LogP contribution is -2.50. The summed E-state index contributed by atoms with van der Waals surface area (Å²) in [6.45, 7) is 9.82. The van der Waals surface area contributed by atoms with Crippen LogP contribution in [0.25, 0.3) is 5.70 Å². The second-order valence-electron chi connectivity index (χ2n) is 8.02. The topological polar surface area (TPSA) is 84.0 Å². The summed E-state index contributed by atoms with van der Waals surface area (Å²) in [7, 11) is 0. The van der Waals surface area contributed by atoms with Crippen molar-refractivity contribution in [1.29, 1.82) is 0 Å². The third-order valence-corrected chi connectivity index (χ3v) is 6.11. The van der Waals surface area contributed by atoms with E-state index in [-0.39, 0.29) is 11.3 Å². The van der Waals surface area contributed by atoms with E-state index in [0.29, 0.717) is 18.0 Å². The molecular formula is C20H33N4OS+. The number of amidine groups is 1. The quantitative estimate of drug-likeness (QED) is 0.523. The van der Waals surface area contributed by atoms with E-state index in [0.717, 1.165) is 30.9 Å². The molecule has 1 aliphatic rings. The van der Waals surface area contributed by atoms with Gasteiger partial charge in [0.1, 0.15) is 0 Å². The van der Waals surface area contributed by atoms with Gasteiger partial charge in [-0.05, 0) is 56.4 Å². The molecule has 5 N–H and O–H groups in total. The first-order valence-corrected chi connectivity index (χ1v) is 10.3. The minimum absolute atomic E-state index is 0.0508. The lowest BCUT2D eigenvalue weighted by Gasteiger charge is -2.25. The summed E-state index contributed by atoms with van der Waals surface area (Å²) in [5.41, 5.74) is 6.82. The molecule has 2 rings (SSSR count). The fraction of sp³-hybridized carbons (Fsp3) is 0.600. The molecule has 1 aromatic rings. The van der Waals surface area contributed by atoms with Crippen molar-refractivity contribution >= 4 is 28.8 Å². The van der Waals surface area contributed by atoms with E-state index in [1.807, 2.05) is 6.07 Å². The molecule has 5 nitrogen and oxygen atoms in total. The molecule has 0 bridgehead atoms. The van der Waals surface area contributed by atoms with Crippen molar-refractivity contribution in [2.45, 2.75) is 58.3 Å². The van der Waals surface area contributed by atoms with Crippen molar-refractivity contribution in [2.24, 2.45) is 5.73 Å². The third kappa shape index (κ3) is 6.57. The summed E-state index contributed by atoms with van der Waals surface area (Å²) in [5.74, 6) is 0.251. The first-order valence-electron chi connectivity index (χ1n) is 9.48. The van der Waals surface area contributed by atoms with Gasteiger partial charge in [-0.3, -0.25) is 5.41 Å². The second-order valence-corrected chi connectivity index (χ2v) is 9.11. The molecule has 0 aliphatic carbocycles. The largest absolute Gasteiger partial charge is 0.397 e. The number of amides is 1. The van der Waals surface area contributed by atoms with Crippen molar-refractivity contribution in [1.82, 2.24) is 10.2 Å².